The third-order valence-corrected chi connectivity index (χ3v) is 5.56. The quantitative estimate of drug-likeness (QED) is 0.901. The van der Waals surface area contributed by atoms with Gasteiger partial charge in [-0.3, -0.25) is 4.72 Å². The summed E-state index contributed by atoms with van der Waals surface area (Å²) >= 11 is 5.86. The summed E-state index contributed by atoms with van der Waals surface area (Å²) in [6.07, 6.45) is 3.71. The minimum atomic E-state index is -3.62. The molecule has 0 bridgehead atoms. The molecule has 3 rings (SSSR count). The van der Waals surface area contributed by atoms with Gasteiger partial charge in [0.15, 0.2) is 0 Å². The molecule has 0 aromatic heterocycles. The van der Waals surface area contributed by atoms with Gasteiger partial charge in [0.05, 0.1) is 4.90 Å². The van der Waals surface area contributed by atoms with Crippen LogP contribution in [0.3, 0.4) is 0 Å². The summed E-state index contributed by atoms with van der Waals surface area (Å²) in [6, 6.07) is 13.7. The number of benzene rings is 2. The van der Waals surface area contributed by atoms with E-state index >= 15 is 0 Å². The van der Waals surface area contributed by atoms with Crippen LogP contribution in [0.4, 0.5) is 11.4 Å². The summed E-state index contributed by atoms with van der Waals surface area (Å²) in [5.41, 5.74) is 1.68. The van der Waals surface area contributed by atoms with Crippen molar-refractivity contribution in [3.63, 3.8) is 0 Å². The van der Waals surface area contributed by atoms with Gasteiger partial charge in [-0.2, -0.15) is 0 Å². The highest BCUT2D eigenvalue weighted by atomic mass is 35.5. The molecule has 0 saturated carbocycles. The lowest BCUT2D eigenvalue weighted by molar-refractivity contribution is 0.578. The van der Waals surface area contributed by atoms with Crippen molar-refractivity contribution in [3.05, 3.63) is 53.6 Å². The highest BCUT2D eigenvalue weighted by Crippen LogP contribution is 2.24. The van der Waals surface area contributed by atoms with E-state index in [1.54, 1.807) is 24.3 Å². The van der Waals surface area contributed by atoms with Crippen molar-refractivity contribution in [2.75, 3.05) is 22.7 Å². The number of hydrogen-bond donors (Lipinski definition) is 1. The molecule has 0 unspecified atom stereocenters. The van der Waals surface area contributed by atoms with Crippen LogP contribution in [0.25, 0.3) is 0 Å². The average molecular weight is 351 g/mol. The van der Waals surface area contributed by atoms with Crippen molar-refractivity contribution < 1.29 is 8.42 Å². The minimum absolute atomic E-state index is 0.158. The third-order valence-electron chi connectivity index (χ3n) is 3.95. The molecule has 0 amide bonds. The summed E-state index contributed by atoms with van der Waals surface area (Å²) in [6.45, 7) is 2.13. The lowest BCUT2D eigenvalue weighted by Crippen LogP contribution is -2.29. The van der Waals surface area contributed by atoms with Crippen LogP contribution < -0.4 is 9.62 Å². The van der Waals surface area contributed by atoms with Gasteiger partial charge in [-0.05, 0) is 61.7 Å². The summed E-state index contributed by atoms with van der Waals surface area (Å²) < 4.78 is 27.3. The zero-order valence-corrected chi connectivity index (χ0v) is 14.3. The summed E-state index contributed by atoms with van der Waals surface area (Å²) in [5.74, 6) is 0. The molecule has 0 atom stereocenters. The second-order valence-electron chi connectivity index (χ2n) is 5.66. The Hall–Kier alpha value is -1.72. The fourth-order valence-electron chi connectivity index (χ4n) is 2.74. The largest absolute Gasteiger partial charge is 0.372 e. The van der Waals surface area contributed by atoms with Gasteiger partial charge in [0.1, 0.15) is 0 Å². The summed E-state index contributed by atoms with van der Waals surface area (Å²) in [4.78, 5) is 2.49. The third kappa shape index (κ3) is 3.98. The first kappa shape index (κ1) is 16.1. The van der Waals surface area contributed by atoms with E-state index in [0.29, 0.717) is 10.7 Å². The van der Waals surface area contributed by atoms with Gasteiger partial charge in [0, 0.05) is 29.5 Å². The molecule has 2 aromatic rings. The summed E-state index contributed by atoms with van der Waals surface area (Å²) in [5, 5.41) is 0.397. The maximum absolute atomic E-state index is 12.4. The van der Waals surface area contributed by atoms with E-state index in [0.717, 1.165) is 18.8 Å². The Morgan fingerprint density at radius 1 is 0.957 bits per heavy atom. The monoisotopic (exact) mass is 350 g/mol. The molecule has 1 aliphatic heterocycles. The van der Waals surface area contributed by atoms with E-state index in [9.17, 15) is 8.42 Å². The molecule has 1 heterocycles. The number of nitrogens with one attached hydrogen (secondary N) is 1. The molecule has 0 aliphatic carbocycles. The van der Waals surface area contributed by atoms with Crippen LogP contribution in [0.5, 0.6) is 0 Å². The lowest BCUT2D eigenvalue weighted by atomic mass is 10.1. The van der Waals surface area contributed by atoms with E-state index in [1.807, 2.05) is 12.1 Å². The van der Waals surface area contributed by atoms with Crippen molar-refractivity contribution >= 4 is 33.0 Å². The lowest BCUT2D eigenvalue weighted by Gasteiger charge is -2.28. The smallest absolute Gasteiger partial charge is 0.261 e. The van der Waals surface area contributed by atoms with E-state index < -0.39 is 10.0 Å². The van der Waals surface area contributed by atoms with Crippen LogP contribution in [-0.2, 0) is 10.0 Å². The maximum atomic E-state index is 12.4. The zero-order chi connectivity index (χ0) is 16.3. The molecule has 0 radical (unpaired) electrons. The van der Waals surface area contributed by atoms with Crippen LogP contribution in [-0.4, -0.2) is 21.5 Å². The molecule has 23 heavy (non-hydrogen) atoms. The summed E-state index contributed by atoms with van der Waals surface area (Å²) in [7, 11) is -3.62. The topological polar surface area (TPSA) is 49.4 Å². The van der Waals surface area contributed by atoms with Gasteiger partial charge in [-0.25, -0.2) is 8.42 Å². The minimum Gasteiger partial charge on any atom is -0.372 e. The normalized spacial score (nSPS) is 15.4. The van der Waals surface area contributed by atoms with Crippen LogP contribution >= 0.6 is 11.6 Å². The van der Waals surface area contributed by atoms with E-state index in [-0.39, 0.29) is 4.90 Å². The number of halogens is 1. The first-order valence-corrected chi connectivity index (χ1v) is 9.54. The van der Waals surface area contributed by atoms with Crippen LogP contribution in [0.1, 0.15) is 19.3 Å². The molecule has 1 saturated heterocycles. The van der Waals surface area contributed by atoms with E-state index in [1.165, 1.54) is 31.4 Å². The molecule has 0 spiro atoms. The second-order valence-corrected chi connectivity index (χ2v) is 7.78. The molecule has 1 fully saturated rings. The Morgan fingerprint density at radius 2 is 1.65 bits per heavy atom. The number of sulfonamides is 1. The Kier molecular flexibility index (Phi) is 4.78. The Labute approximate surface area is 142 Å². The SMILES string of the molecule is O=S(=O)(Nc1ccc(N2CCCCC2)cc1)c1cccc(Cl)c1. The number of rotatable bonds is 4. The molecular weight excluding hydrogens is 332 g/mol. The number of nitrogens with zero attached hydrogens (tertiary/aromatic N) is 1. The van der Waals surface area contributed by atoms with Crippen LogP contribution in [0.2, 0.25) is 5.02 Å². The fourth-order valence-corrected chi connectivity index (χ4v) is 4.10. The molecule has 6 heteroatoms. The predicted octanol–water partition coefficient (Wildman–Crippen LogP) is 4.13. The van der Waals surface area contributed by atoms with Gasteiger partial charge in [-0.15, -0.1) is 0 Å². The van der Waals surface area contributed by atoms with Crippen LogP contribution in [0.15, 0.2) is 53.4 Å². The molecule has 1 aliphatic rings. The second kappa shape index (κ2) is 6.81. The van der Waals surface area contributed by atoms with Crippen molar-refractivity contribution in [1.82, 2.24) is 0 Å². The van der Waals surface area contributed by atoms with Gasteiger partial charge < -0.3 is 4.90 Å². The van der Waals surface area contributed by atoms with Crippen LogP contribution in [0, 0.1) is 0 Å². The van der Waals surface area contributed by atoms with E-state index in [4.69, 9.17) is 11.6 Å². The van der Waals surface area contributed by atoms with Crippen molar-refractivity contribution in [3.8, 4) is 0 Å². The molecule has 4 nitrogen and oxygen atoms in total. The van der Waals surface area contributed by atoms with Gasteiger partial charge in [0.2, 0.25) is 0 Å². The highest BCUT2D eigenvalue weighted by molar-refractivity contribution is 7.92. The Morgan fingerprint density at radius 3 is 2.30 bits per heavy atom. The maximum Gasteiger partial charge on any atom is 0.261 e. The Bertz CT molecular complexity index is 769. The van der Waals surface area contributed by atoms with E-state index in [2.05, 4.69) is 9.62 Å². The first-order chi connectivity index (χ1) is 11.0. The average Bonchev–Trinajstić information content (AvgIpc) is 2.56. The Balaban J connectivity index is 1.75. The number of piperidine rings is 1. The fraction of sp³-hybridized carbons (Fsp3) is 0.294. The van der Waals surface area contributed by atoms with Crippen molar-refractivity contribution in [1.29, 1.82) is 0 Å². The molecule has 2 aromatic carbocycles. The van der Waals surface area contributed by atoms with Gasteiger partial charge in [-0.1, -0.05) is 17.7 Å². The number of hydrogen-bond acceptors (Lipinski definition) is 3. The van der Waals surface area contributed by atoms with Gasteiger partial charge in [0.25, 0.3) is 10.0 Å². The van der Waals surface area contributed by atoms with Crippen molar-refractivity contribution in [2.45, 2.75) is 24.2 Å². The molecule has 1 N–H and O–H groups in total. The number of anilines is 2. The predicted molar refractivity (Wildman–Crippen MR) is 94.8 cm³/mol. The zero-order valence-electron chi connectivity index (χ0n) is 12.7. The first-order valence-electron chi connectivity index (χ1n) is 7.68. The molecular formula is C17H19ClN2O2S. The molecule has 122 valence electrons. The standard InChI is InChI=1S/C17H19ClN2O2S/c18-14-5-4-6-17(13-14)23(21,22)19-15-7-9-16(10-8-15)20-11-2-1-3-12-20/h4-10,13,19H,1-3,11-12H2. The highest BCUT2D eigenvalue weighted by Gasteiger charge is 2.15. The van der Waals surface area contributed by atoms with Gasteiger partial charge >= 0.3 is 0 Å². The van der Waals surface area contributed by atoms with Crippen molar-refractivity contribution in [2.24, 2.45) is 0 Å².